The van der Waals surface area contributed by atoms with Crippen molar-refractivity contribution >= 4 is 40.8 Å². The van der Waals surface area contributed by atoms with Crippen LogP contribution in [-0.4, -0.2) is 75.4 Å². The minimum atomic E-state index is -0.324. The van der Waals surface area contributed by atoms with Crippen LogP contribution in [0, 0.1) is 0 Å². The summed E-state index contributed by atoms with van der Waals surface area (Å²) in [4.78, 5) is 31.2. The van der Waals surface area contributed by atoms with Crippen LogP contribution in [0.25, 0.3) is 11.8 Å². The molecule has 0 aliphatic carbocycles. The van der Waals surface area contributed by atoms with Gasteiger partial charge in [-0.25, -0.2) is 4.79 Å². The zero-order valence-electron chi connectivity index (χ0n) is 22.3. The molecule has 3 aliphatic heterocycles. The highest BCUT2D eigenvalue weighted by Crippen LogP contribution is 2.41. The standard InChI is InChI=1S/C29H33N3O5S/c1-19(2)13-20-14-24-21(15-26(20)35-4)16-36-17-25-23(5-7-32(27(24)25)22-6-12-38-18-22)28(33)30(3)8-9-31-10-11-37-29(31)34/h5-6,12-15,18H,7-11,16-17H2,1-4H3. The molecule has 0 bridgehead atoms. The van der Waals surface area contributed by atoms with Gasteiger partial charge in [0.05, 0.1) is 38.3 Å². The van der Waals surface area contributed by atoms with E-state index in [2.05, 4.69) is 47.7 Å². The van der Waals surface area contributed by atoms with E-state index in [1.807, 2.05) is 12.1 Å². The summed E-state index contributed by atoms with van der Waals surface area (Å²) in [6, 6.07) is 6.30. The van der Waals surface area contributed by atoms with E-state index < -0.39 is 0 Å². The zero-order chi connectivity index (χ0) is 26.8. The smallest absolute Gasteiger partial charge is 0.409 e. The molecule has 5 rings (SSSR count). The van der Waals surface area contributed by atoms with Crippen molar-refractivity contribution in [2.75, 3.05) is 58.5 Å². The molecule has 2 aromatic rings. The SMILES string of the molecule is COc1cc2c(cc1C=C(C)C)C1=C(COC2)C(C(=O)N(C)CCN2CCOC2=O)=CCN1c1ccsc1. The molecule has 1 fully saturated rings. The summed E-state index contributed by atoms with van der Waals surface area (Å²) >= 11 is 1.64. The number of fused-ring (bicyclic) bond motifs is 2. The van der Waals surface area contributed by atoms with Crippen LogP contribution in [0.3, 0.4) is 0 Å². The summed E-state index contributed by atoms with van der Waals surface area (Å²) in [7, 11) is 3.46. The van der Waals surface area contributed by atoms with Crippen molar-refractivity contribution in [1.29, 1.82) is 0 Å². The van der Waals surface area contributed by atoms with Crippen molar-refractivity contribution in [2.45, 2.75) is 20.5 Å². The average Bonchev–Trinajstić information content (AvgIpc) is 3.54. The maximum atomic E-state index is 13.8. The number of allylic oxidation sites excluding steroid dienone is 1. The molecule has 1 aromatic heterocycles. The van der Waals surface area contributed by atoms with Crippen molar-refractivity contribution < 1.29 is 23.8 Å². The number of anilines is 1. The Morgan fingerprint density at radius 2 is 2.11 bits per heavy atom. The minimum Gasteiger partial charge on any atom is -0.496 e. The lowest BCUT2D eigenvalue weighted by Gasteiger charge is -2.34. The first kappa shape index (κ1) is 26.1. The van der Waals surface area contributed by atoms with E-state index in [1.165, 1.54) is 5.57 Å². The van der Waals surface area contributed by atoms with Gasteiger partial charge < -0.3 is 28.9 Å². The quantitative estimate of drug-likeness (QED) is 0.508. The van der Waals surface area contributed by atoms with E-state index in [9.17, 15) is 9.59 Å². The number of cyclic esters (lactones) is 1. The van der Waals surface area contributed by atoms with Crippen LogP contribution in [0.5, 0.6) is 5.75 Å². The summed E-state index contributed by atoms with van der Waals surface area (Å²) in [6.45, 7) is 7.22. The molecule has 0 saturated carbocycles. The largest absolute Gasteiger partial charge is 0.496 e. The second-order valence-corrected chi connectivity index (χ2v) is 10.6. The molecule has 9 heteroatoms. The summed E-state index contributed by atoms with van der Waals surface area (Å²) in [5.74, 6) is 0.711. The number of nitrogens with zero attached hydrogens (tertiary/aromatic N) is 3. The van der Waals surface area contributed by atoms with Gasteiger partial charge in [-0.2, -0.15) is 11.3 Å². The normalized spacial score (nSPS) is 16.8. The Morgan fingerprint density at radius 1 is 1.26 bits per heavy atom. The van der Waals surface area contributed by atoms with Gasteiger partial charge in [0.25, 0.3) is 5.91 Å². The average molecular weight is 536 g/mol. The maximum Gasteiger partial charge on any atom is 0.409 e. The lowest BCUT2D eigenvalue weighted by molar-refractivity contribution is -0.125. The predicted molar refractivity (Wildman–Crippen MR) is 149 cm³/mol. The van der Waals surface area contributed by atoms with Gasteiger partial charge in [-0.3, -0.25) is 4.79 Å². The fraction of sp³-hybridized carbons (Fsp3) is 0.379. The number of hydrogen-bond donors (Lipinski definition) is 0. The van der Waals surface area contributed by atoms with Crippen LogP contribution >= 0.6 is 11.3 Å². The molecule has 1 aromatic carbocycles. The van der Waals surface area contributed by atoms with Crippen LogP contribution in [0.15, 0.2) is 51.8 Å². The van der Waals surface area contributed by atoms with Gasteiger partial charge in [-0.1, -0.05) is 17.7 Å². The van der Waals surface area contributed by atoms with Crippen molar-refractivity contribution in [3.05, 3.63) is 68.4 Å². The molecule has 2 amide bonds. The summed E-state index contributed by atoms with van der Waals surface area (Å²) in [5.41, 5.74) is 7.80. The topological polar surface area (TPSA) is 71.5 Å². The molecule has 0 unspecified atom stereocenters. The number of likely N-dealkylation sites (N-methyl/N-ethyl adjacent to an activating group) is 1. The Kier molecular flexibility index (Phi) is 7.58. The van der Waals surface area contributed by atoms with Gasteiger partial charge in [0.1, 0.15) is 12.4 Å². The third kappa shape index (κ3) is 5.08. The Bertz CT molecular complexity index is 1320. The van der Waals surface area contributed by atoms with Crippen LogP contribution in [0.1, 0.15) is 30.5 Å². The van der Waals surface area contributed by atoms with E-state index in [0.29, 0.717) is 51.6 Å². The number of rotatable bonds is 7. The lowest BCUT2D eigenvalue weighted by Crippen LogP contribution is -2.39. The van der Waals surface area contributed by atoms with Gasteiger partial charge in [-0.15, -0.1) is 0 Å². The third-order valence-electron chi connectivity index (χ3n) is 6.96. The van der Waals surface area contributed by atoms with Gasteiger partial charge in [0.2, 0.25) is 0 Å². The molecule has 1 saturated heterocycles. The Hall–Kier alpha value is -3.56. The highest BCUT2D eigenvalue weighted by atomic mass is 32.1. The molecule has 0 N–H and O–H groups in total. The van der Waals surface area contributed by atoms with E-state index in [1.54, 1.807) is 35.3 Å². The summed E-state index contributed by atoms with van der Waals surface area (Å²) in [5, 5.41) is 4.19. The van der Waals surface area contributed by atoms with Crippen LogP contribution in [0.4, 0.5) is 10.5 Å². The maximum absolute atomic E-state index is 13.8. The number of methoxy groups -OCH3 is 1. The van der Waals surface area contributed by atoms with E-state index in [-0.39, 0.29) is 12.0 Å². The molecular weight excluding hydrogens is 502 g/mol. The Labute approximate surface area is 227 Å². The molecule has 0 radical (unpaired) electrons. The number of carbonyl (C=O) groups excluding carboxylic acids is 2. The van der Waals surface area contributed by atoms with Crippen molar-refractivity contribution in [1.82, 2.24) is 9.80 Å². The molecule has 3 aliphatic rings. The van der Waals surface area contributed by atoms with Crippen molar-refractivity contribution in [2.24, 2.45) is 0 Å². The first-order valence-electron chi connectivity index (χ1n) is 12.7. The van der Waals surface area contributed by atoms with E-state index in [0.717, 1.165) is 39.4 Å². The Balaban J connectivity index is 1.56. The van der Waals surface area contributed by atoms with Gasteiger partial charge in [0.15, 0.2) is 0 Å². The van der Waals surface area contributed by atoms with Gasteiger partial charge in [0, 0.05) is 54.3 Å². The van der Waals surface area contributed by atoms with Crippen LogP contribution < -0.4 is 9.64 Å². The van der Waals surface area contributed by atoms with Crippen molar-refractivity contribution in [3.8, 4) is 5.75 Å². The van der Waals surface area contributed by atoms with E-state index >= 15 is 0 Å². The molecule has 4 heterocycles. The Morgan fingerprint density at radius 3 is 2.79 bits per heavy atom. The highest BCUT2D eigenvalue weighted by molar-refractivity contribution is 7.08. The number of ether oxygens (including phenoxy) is 3. The fourth-order valence-corrected chi connectivity index (χ4v) is 5.69. The van der Waals surface area contributed by atoms with Gasteiger partial charge >= 0.3 is 6.09 Å². The zero-order valence-corrected chi connectivity index (χ0v) is 23.1. The molecule has 8 nitrogen and oxygen atoms in total. The molecule has 38 heavy (non-hydrogen) atoms. The van der Waals surface area contributed by atoms with Gasteiger partial charge in [-0.05, 0) is 43.0 Å². The molecule has 0 spiro atoms. The number of carbonyl (C=O) groups is 2. The third-order valence-corrected chi connectivity index (χ3v) is 7.63. The molecular formula is C29H33N3O5S. The van der Waals surface area contributed by atoms with Crippen molar-refractivity contribution in [3.63, 3.8) is 0 Å². The minimum absolute atomic E-state index is 0.0832. The second kappa shape index (κ2) is 11.0. The number of hydrogen-bond acceptors (Lipinski definition) is 7. The highest BCUT2D eigenvalue weighted by Gasteiger charge is 2.33. The first-order valence-corrected chi connectivity index (χ1v) is 13.7. The summed E-state index contributed by atoms with van der Waals surface area (Å²) in [6.07, 6.45) is 3.78. The second-order valence-electron chi connectivity index (χ2n) is 9.83. The van der Waals surface area contributed by atoms with Crippen LogP contribution in [-0.2, 0) is 20.9 Å². The lowest BCUT2D eigenvalue weighted by atomic mass is 9.91. The molecule has 200 valence electrons. The summed E-state index contributed by atoms with van der Waals surface area (Å²) < 4.78 is 16.9. The number of thiophene rings is 1. The predicted octanol–water partition coefficient (Wildman–Crippen LogP) is 4.78. The first-order chi connectivity index (χ1) is 18.4. The monoisotopic (exact) mass is 535 g/mol. The number of amides is 2. The van der Waals surface area contributed by atoms with Crippen LogP contribution in [0.2, 0.25) is 0 Å². The number of benzene rings is 1. The van der Waals surface area contributed by atoms with E-state index in [4.69, 9.17) is 14.2 Å². The fourth-order valence-electron chi connectivity index (χ4n) is 5.05. The molecule has 0 atom stereocenters.